The molecule has 0 saturated carbocycles. The highest BCUT2D eigenvalue weighted by Crippen LogP contribution is 2.19. The fourth-order valence-corrected chi connectivity index (χ4v) is 1.48. The molecule has 80 valence electrons. The molecule has 0 spiro atoms. The van der Waals surface area contributed by atoms with Crippen LogP contribution >= 0.6 is 0 Å². The Hall–Kier alpha value is -1.33. The van der Waals surface area contributed by atoms with Crippen molar-refractivity contribution >= 4 is 0 Å². The average Bonchev–Trinajstić information content (AvgIpc) is 2.21. The van der Waals surface area contributed by atoms with Gasteiger partial charge in [-0.1, -0.05) is 24.3 Å². The van der Waals surface area contributed by atoms with E-state index in [0.717, 1.165) is 6.42 Å². The van der Waals surface area contributed by atoms with Crippen molar-refractivity contribution in [3.05, 3.63) is 35.4 Å². The molecule has 0 aromatic heterocycles. The van der Waals surface area contributed by atoms with Crippen molar-refractivity contribution in [2.75, 3.05) is 14.1 Å². The van der Waals surface area contributed by atoms with Crippen LogP contribution in [0.5, 0.6) is 0 Å². The smallest absolute Gasteiger partial charge is 0.109 e. The van der Waals surface area contributed by atoms with Gasteiger partial charge < -0.3 is 0 Å². The van der Waals surface area contributed by atoms with Crippen LogP contribution in [0, 0.1) is 18.3 Å². The monoisotopic (exact) mass is 202 g/mol. The van der Waals surface area contributed by atoms with E-state index in [-0.39, 0.29) is 0 Å². The summed E-state index contributed by atoms with van der Waals surface area (Å²) < 4.78 is 0. The summed E-state index contributed by atoms with van der Waals surface area (Å²) in [6.45, 7) is 4.06. The van der Waals surface area contributed by atoms with Crippen LogP contribution in [0.4, 0.5) is 0 Å². The van der Waals surface area contributed by atoms with Gasteiger partial charge in [0.2, 0.25) is 0 Å². The second-order valence-corrected chi connectivity index (χ2v) is 4.38. The van der Waals surface area contributed by atoms with E-state index in [1.807, 2.05) is 38.1 Å². The molecular weight excluding hydrogens is 184 g/mol. The van der Waals surface area contributed by atoms with Crippen LogP contribution in [0.15, 0.2) is 24.3 Å². The van der Waals surface area contributed by atoms with E-state index in [0.29, 0.717) is 0 Å². The molecular formula is C13H18N2. The van der Waals surface area contributed by atoms with Gasteiger partial charge in [-0.2, -0.15) is 5.26 Å². The first-order chi connectivity index (χ1) is 6.99. The third kappa shape index (κ3) is 2.57. The molecule has 1 aromatic carbocycles. The largest absolute Gasteiger partial charge is 0.292 e. The molecule has 0 radical (unpaired) electrons. The maximum absolute atomic E-state index is 9.22. The van der Waals surface area contributed by atoms with Crippen molar-refractivity contribution in [2.24, 2.45) is 0 Å². The molecule has 0 fully saturated rings. The standard InChI is InChI=1S/C13H18N2/c1-11-7-5-6-8-12(11)9-13(2,10-14)15(3)4/h5-8H,9H2,1-4H3. The highest BCUT2D eigenvalue weighted by molar-refractivity contribution is 5.29. The SMILES string of the molecule is Cc1ccccc1CC(C)(C#N)N(C)C. The van der Waals surface area contributed by atoms with E-state index < -0.39 is 5.54 Å². The van der Waals surface area contributed by atoms with Crippen molar-refractivity contribution in [3.8, 4) is 6.07 Å². The molecule has 2 heteroatoms. The minimum atomic E-state index is -0.424. The van der Waals surface area contributed by atoms with Gasteiger partial charge in [-0.3, -0.25) is 4.90 Å². The number of aryl methyl sites for hydroxylation is 1. The van der Waals surface area contributed by atoms with Crippen LogP contribution in [0.1, 0.15) is 18.1 Å². The third-order valence-corrected chi connectivity index (χ3v) is 3.02. The number of hydrogen-bond donors (Lipinski definition) is 0. The summed E-state index contributed by atoms with van der Waals surface area (Å²) in [4.78, 5) is 1.97. The molecule has 0 N–H and O–H groups in total. The van der Waals surface area contributed by atoms with Gasteiger partial charge in [-0.05, 0) is 39.1 Å². The van der Waals surface area contributed by atoms with Crippen LogP contribution in [0.25, 0.3) is 0 Å². The predicted octanol–water partition coefficient (Wildman–Crippen LogP) is 2.38. The highest BCUT2D eigenvalue weighted by Gasteiger charge is 2.27. The van der Waals surface area contributed by atoms with Crippen molar-refractivity contribution < 1.29 is 0 Å². The zero-order valence-electron chi connectivity index (χ0n) is 9.91. The van der Waals surface area contributed by atoms with Crippen molar-refractivity contribution in [2.45, 2.75) is 25.8 Å². The van der Waals surface area contributed by atoms with Crippen LogP contribution in [-0.4, -0.2) is 24.5 Å². The third-order valence-electron chi connectivity index (χ3n) is 3.02. The number of hydrogen-bond acceptors (Lipinski definition) is 2. The summed E-state index contributed by atoms with van der Waals surface area (Å²) in [5, 5.41) is 9.22. The zero-order valence-corrected chi connectivity index (χ0v) is 9.91. The van der Waals surface area contributed by atoms with E-state index >= 15 is 0 Å². The quantitative estimate of drug-likeness (QED) is 0.752. The average molecular weight is 202 g/mol. The first kappa shape index (κ1) is 11.7. The first-order valence-electron chi connectivity index (χ1n) is 5.13. The van der Waals surface area contributed by atoms with Crippen LogP contribution in [-0.2, 0) is 6.42 Å². The summed E-state index contributed by atoms with van der Waals surface area (Å²) in [5.74, 6) is 0. The first-order valence-corrected chi connectivity index (χ1v) is 5.13. The number of rotatable bonds is 3. The summed E-state index contributed by atoms with van der Waals surface area (Å²) in [6.07, 6.45) is 0.767. The van der Waals surface area contributed by atoms with Gasteiger partial charge >= 0.3 is 0 Å². The van der Waals surface area contributed by atoms with E-state index in [2.05, 4.69) is 25.1 Å². The molecule has 0 saturated heterocycles. The molecule has 1 unspecified atom stereocenters. The van der Waals surface area contributed by atoms with E-state index in [1.165, 1.54) is 11.1 Å². The van der Waals surface area contributed by atoms with Gasteiger partial charge in [0.15, 0.2) is 0 Å². The Bertz CT molecular complexity index is 376. The fraction of sp³-hybridized carbons (Fsp3) is 0.462. The molecule has 15 heavy (non-hydrogen) atoms. The van der Waals surface area contributed by atoms with Crippen molar-refractivity contribution in [1.82, 2.24) is 4.90 Å². The van der Waals surface area contributed by atoms with Gasteiger partial charge in [0.1, 0.15) is 5.54 Å². The van der Waals surface area contributed by atoms with Gasteiger partial charge in [0.05, 0.1) is 6.07 Å². The van der Waals surface area contributed by atoms with Crippen molar-refractivity contribution in [1.29, 1.82) is 5.26 Å². The lowest BCUT2D eigenvalue weighted by molar-refractivity contribution is 0.236. The normalized spacial score (nSPS) is 14.7. The van der Waals surface area contributed by atoms with Gasteiger partial charge in [-0.25, -0.2) is 0 Å². The lowest BCUT2D eigenvalue weighted by Gasteiger charge is -2.29. The van der Waals surface area contributed by atoms with Crippen LogP contribution in [0.2, 0.25) is 0 Å². The number of likely N-dealkylation sites (N-methyl/N-ethyl adjacent to an activating group) is 1. The molecule has 0 amide bonds. The molecule has 0 aliphatic carbocycles. The number of benzene rings is 1. The molecule has 0 bridgehead atoms. The molecule has 1 atom stereocenters. The Kier molecular flexibility index (Phi) is 3.49. The molecule has 0 heterocycles. The van der Waals surface area contributed by atoms with Crippen molar-refractivity contribution in [3.63, 3.8) is 0 Å². The summed E-state index contributed by atoms with van der Waals surface area (Å²) in [6, 6.07) is 10.6. The summed E-state index contributed by atoms with van der Waals surface area (Å²) in [7, 11) is 3.89. The summed E-state index contributed by atoms with van der Waals surface area (Å²) >= 11 is 0. The molecule has 0 aliphatic heterocycles. The number of nitrogens with zero attached hydrogens (tertiary/aromatic N) is 2. The van der Waals surface area contributed by atoms with Gasteiger partial charge in [0.25, 0.3) is 0 Å². The zero-order chi connectivity index (χ0) is 11.5. The van der Waals surface area contributed by atoms with E-state index in [4.69, 9.17) is 0 Å². The van der Waals surface area contributed by atoms with Crippen LogP contribution in [0.3, 0.4) is 0 Å². The second-order valence-electron chi connectivity index (χ2n) is 4.38. The highest BCUT2D eigenvalue weighted by atomic mass is 15.1. The Balaban J connectivity index is 2.96. The van der Waals surface area contributed by atoms with Gasteiger partial charge in [-0.15, -0.1) is 0 Å². The molecule has 1 aromatic rings. The Morgan fingerprint density at radius 2 is 1.93 bits per heavy atom. The molecule has 2 nitrogen and oxygen atoms in total. The maximum Gasteiger partial charge on any atom is 0.109 e. The van der Waals surface area contributed by atoms with Gasteiger partial charge in [0, 0.05) is 6.42 Å². The minimum Gasteiger partial charge on any atom is -0.292 e. The Morgan fingerprint density at radius 3 is 2.40 bits per heavy atom. The Labute approximate surface area is 92.1 Å². The predicted molar refractivity (Wildman–Crippen MR) is 62.6 cm³/mol. The van der Waals surface area contributed by atoms with E-state index in [1.54, 1.807) is 0 Å². The second kappa shape index (κ2) is 4.46. The Morgan fingerprint density at radius 1 is 1.33 bits per heavy atom. The molecule has 0 aliphatic rings. The lowest BCUT2D eigenvalue weighted by Crippen LogP contribution is -2.42. The minimum absolute atomic E-state index is 0.424. The van der Waals surface area contributed by atoms with E-state index in [9.17, 15) is 5.26 Å². The maximum atomic E-state index is 9.22. The summed E-state index contributed by atoms with van der Waals surface area (Å²) in [5.41, 5.74) is 2.07. The fourth-order valence-electron chi connectivity index (χ4n) is 1.48. The number of nitriles is 1. The van der Waals surface area contributed by atoms with Crippen LogP contribution < -0.4 is 0 Å². The molecule has 1 rings (SSSR count). The lowest BCUT2D eigenvalue weighted by atomic mass is 9.91. The topological polar surface area (TPSA) is 27.0 Å².